The molecule has 0 saturated carbocycles. The maximum atomic E-state index is 11.9. The van der Waals surface area contributed by atoms with Crippen molar-refractivity contribution in [3.05, 3.63) is 35.9 Å². The van der Waals surface area contributed by atoms with Gasteiger partial charge in [0.2, 0.25) is 0 Å². The molecule has 0 bridgehead atoms. The highest BCUT2D eigenvalue weighted by Gasteiger charge is 2.36. The summed E-state index contributed by atoms with van der Waals surface area (Å²) in [7, 11) is 0. The minimum Gasteiger partial charge on any atom is -0.444 e. The van der Waals surface area contributed by atoms with E-state index in [1.165, 1.54) is 0 Å². The minimum absolute atomic E-state index is 0.117. The van der Waals surface area contributed by atoms with E-state index in [1.807, 2.05) is 6.07 Å². The van der Waals surface area contributed by atoms with Crippen molar-refractivity contribution in [2.75, 3.05) is 0 Å². The second-order valence-electron chi connectivity index (χ2n) is 3.46. The Labute approximate surface area is 87.2 Å². The zero-order valence-corrected chi connectivity index (χ0v) is 8.27. The molecule has 1 aromatic carbocycles. The Hall–Kier alpha value is -1.84. The quantitative estimate of drug-likeness (QED) is 0.742. The number of amides is 1. The number of carbonyl (C=O) groups excluding carboxylic acids is 2. The summed E-state index contributed by atoms with van der Waals surface area (Å²) in [6.07, 6.45) is -0.943. The molecule has 1 heterocycles. The van der Waals surface area contributed by atoms with Gasteiger partial charge in [-0.3, -0.25) is 4.79 Å². The SMILES string of the molecule is CC1OC(=O)NC1C(=O)c1ccccc1. The minimum atomic E-state index is -0.570. The first kappa shape index (κ1) is 9.71. The van der Waals surface area contributed by atoms with E-state index in [-0.39, 0.29) is 5.78 Å². The highest BCUT2D eigenvalue weighted by atomic mass is 16.6. The number of alkyl carbamates (subject to hydrolysis) is 1. The first-order valence-electron chi connectivity index (χ1n) is 4.75. The number of benzene rings is 1. The molecular weight excluding hydrogens is 194 g/mol. The molecule has 1 saturated heterocycles. The maximum Gasteiger partial charge on any atom is 0.408 e. The van der Waals surface area contributed by atoms with Gasteiger partial charge in [-0.15, -0.1) is 0 Å². The Morgan fingerprint density at radius 3 is 2.53 bits per heavy atom. The summed E-state index contributed by atoms with van der Waals surface area (Å²) in [6.45, 7) is 1.70. The molecule has 1 aromatic rings. The normalized spacial score (nSPS) is 24.5. The molecule has 1 aliphatic rings. The molecule has 78 valence electrons. The van der Waals surface area contributed by atoms with Crippen molar-refractivity contribution in [2.45, 2.75) is 19.1 Å². The lowest BCUT2D eigenvalue weighted by atomic mass is 10.0. The number of nitrogens with one attached hydrogen (secondary N) is 1. The fraction of sp³-hybridized carbons (Fsp3) is 0.273. The average molecular weight is 205 g/mol. The van der Waals surface area contributed by atoms with Gasteiger partial charge in [0.25, 0.3) is 0 Å². The topological polar surface area (TPSA) is 55.4 Å². The molecule has 0 aliphatic carbocycles. The second-order valence-corrected chi connectivity index (χ2v) is 3.46. The van der Waals surface area contributed by atoms with Crippen LogP contribution in [0.25, 0.3) is 0 Å². The molecule has 1 aliphatic heterocycles. The molecule has 2 unspecified atom stereocenters. The Kier molecular flexibility index (Phi) is 2.41. The molecule has 0 spiro atoms. The van der Waals surface area contributed by atoms with Crippen LogP contribution in [0.3, 0.4) is 0 Å². The summed E-state index contributed by atoms with van der Waals surface area (Å²) in [5, 5.41) is 2.49. The van der Waals surface area contributed by atoms with E-state index in [0.717, 1.165) is 0 Å². The van der Waals surface area contributed by atoms with Crippen LogP contribution in [0.15, 0.2) is 30.3 Å². The zero-order chi connectivity index (χ0) is 10.8. The van der Waals surface area contributed by atoms with Crippen LogP contribution in [0.5, 0.6) is 0 Å². The standard InChI is InChI=1S/C11H11NO3/c1-7-9(12-11(14)15-7)10(13)8-5-3-2-4-6-8/h2-7,9H,1H3,(H,12,14). The lowest BCUT2D eigenvalue weighted by molar-refractivity contribution is 0.0894. The Bertz CT molecular complexity index is 388. The third-order valence-electron chi connectivity index (χ3n) is 2.38. The highest BCUT2D eigenvalue weighted by molar-refractivity contribution is 6.02. The Balaban J connectivity index is 2.19. The van der Waals surface area contributed by atoms with Gasteiger partial charge >= 0.3 is 6.09 Å². The van der Waals surface area contributed by atoms with E-state index in [2.05, 4.69) is 5.32 Å². The van der Waals surface area contributed by atoms with E-state index in [4.69, 9.17) is 4.74 Å². The Morgan fingerprint density at radius 1 is 1.33 bits per heavy atom. The number of ether oxygens (including phenoxy) is 1. The number of carbonyl (C=O) groups is 2. The fourth-order valence-electron chi connectivity index (χ4n) is 1.58. The predicted octanol–water partition coefficient (Wildman–Crippen LogP) is 1.37. The van der Waals surface area contributed by atoms with Crippen molar-refractivity contribution in [1.29, 1.82) is 0 Å². The summed E-state index contributed by atoms with van der Waals surface area (Å²) in [6, 6.07) is 8.29. The molecule has 0 aromatic heterocycles. The van der Waals surface area contributed by atoms with Gasteiger partial charge in [0.1, 0.15) is 12.1 Å². The van der Waals surface area contributed by atoms with Gasteiger partial charge in [-0.05, 0) is 6.92 Å². The Morgan fingerprint density at radius 2 is 2.00 bits per heavy atom. The molecule has 1 fully saturated rings. The maximum absolute atomic E-state index is 11.9. The van der Waals surface area contributed by atoms with E-state index in [0.29, 0.717) is 5.56 Å². The molecule has 4 heteroatoms. The first-order chi connectivity index (χ1) is 7.18. The van der Waals surface area contributed by atoms with E-state index in [1.54, 1.807) is 31.2 Å². The van der Waals surface area contributed by atoms with Crippen LogP contribution in [-0.4, -0.2) is 24.0 Å². The van der Waals surface area contributed by atoms with Crippen LogP contribution < -0.4 is 5.32 Å². The highest BCUT2D eigenvalue weighted by Crippen LogP contribution is 2.13. The molecule has 2 rings (SSSR count). The summed E-state index contributed by atoms with van der Waals surface area (Å²) in [4.78, 5) is 22.8. The number of hydrogen-bond donors (Lipinski definition) is 1. The monoisotopic (exact) mass is 205 g/mol. The molecule has 1 amide bonds. The number of hydrogen-bond acceptors (Lipinski definition) is 3. The number of Topliss-reactive ketones (excluding diaryl/α,β-unsaturated/α-hetero) is 1. The van der Waals surface area contributed by atoms with Crippen molar-refractivity contribution < 1.29 is 14.3 Å². The van der Waals surface area contributed by atoms with Crippen molar-refractivity contribution >= 4 is 11.9 Å². The third kappa shape index (κ3) is 1.83. The smallest absolute Gasteiger partial charge is 0.408 e. The van der Waals surface area contributed by atoms with Crippen LogP contribution in [0, 0.1) is 0 Å². The van der Waals surface area contributed by atoms with Gasteiger partial charge in [0.05, 0.1) is 0 Å². The van der Waals surface area contributed by atoms with E-state index in [9.17, 15) is 9.59 Å². The molecular formula is C11H11NO3. The largest absolute Gasteiger partial charge is 0.444 e. The number of cyclic esters (lactones) is 1. The molecule has 2 atom stereocenters. The fourth-order valence-corrected chi connectivity index (χ4v) is 1.58. The summed E-state index contributed by atoms with van der Waals surface area (Å²) in [5.41, 5.74) is 0.583. The van der Waals surface area contributed by atoms with Gasteiger partial charge in [-0.1, -0.05) is 30.3 Å². The van der Waals surface area contributed by atoms with Crippen LogP contribution in [0.4, 0.5) is 4.79 Å². The van der Waals surface area contributed by atoms with Crippen molar-refractivity contribution in [1.82, 2.24) is 5.32 Å². The van der Waals surface area contributed by atoms with Gasteiger partial charge in [0, 0.05) is 5.56 Å². The van der Waals surface area contributed by atoms with E-state index >= 15 is 0 Å². The lowest BCUT2D eigenvalue weighted by Gasteiger charge is -2.10. The first-order valence-corrected chi connectivity index (χ1v) is 4.75. The van der Waals surface area contributed by atoms with Crippen LogP contribution in [-0.2, 0) is 4.74 Å². The average Bonchev–Trinajstić information content (AvgIpc) is 2.58. The van der Waals surface area contributed by atoms with Gasteiger partial charge in [0.15, 0.2) is 5.78 Å². The summed E-state index contributed by atoms with van der Waals surface area (Å²) in [5.74, 6) is -0.117. The molecule has 15 heavy (non-hydrogen) atoms. The van der Waals surface area contributed by atoms with Gasteiger partial charge < -0.3 is 10.1 Å². The van der Waals surface area contributed by atoms with Crippen molar-refractivity contribution in [3.8, 4) is 0 Å². The van der Waals surface area contributed by atoms with Crippen molar-refractivity contribution in [2.24, 2.45) is 0 Å². The summed E-state index contributed by atoms with van der Waals surface area (Å²) < 4.78 is 4.85. The lowest BCUT2D eigenvalue weighted by Crippen LogP contribution is -2.38. The van der Waals surface area contributed by atoms with Gasteiger partial charge in [-0.2, -0.15) is 0 Å². The molecule has 4 nitrogen and oxygen atoms in total. The third-order valence-corrected chi connectivity index (χ3v) is 2.38. The van der Waals surface area contributed by atoms with Crippen molar-refractivity contribution in [3.63, 3.8) is 0 Å². The zero-order valence-electron chi connectivity index (χ0n) is 8.27. The van der Waals surface area contributed by atoms with Crippen LogP contribution in [0.2, 0.25) is 0 Å². The van der Waals surface area contributed by atoms with E-state index < -0.39 is 18.2 Å². The second kappa shape index (κ2) is 3.73. The number of ketones is 1. The van der Waals surface area contributed by atoms with Crippen LogP contribution in [0.1, 0.15) is 17.3 Å². The molecule has 0 radical (unpaired) electrons. The van der Waals surface area contributed by atoms with Gasteiger partial charge in [-0.25, -0.2) is 4.79 Å². The molecule has 1 N–H and O–H groups in total. The van der Waals surface area contributed by atoms with Crippen LogP contribution >= 0.6 is 0 Å². The summed E-state index contributed by atoms with van der Waals surface area (Å²) >= 11 is 0. The predicted molar refractivity (Wildman–Crippen MR) is 53.6 cm³/mol. The number of rotatable bonds is 2.